The van der Waals surface area contributed by atoms with E-state index in [1.54, 1.807) is 17.4 Å². The maximum Gasteiger partial charge on any atom is 0.250 e. The minimum absolute atomic E-state index is 0.204. The lowest BCUT2D eigenvalue weighted by atomic mass is 10.4. The van der Waals surface area contributed by atoms with Crippen molar-refractivity contribution in [2.75, 3.05) is 5.32 Å². The van der Waals surface area contributed by atoms with Crippen LogP contribution in [-0.2, 0) is 4.79 Å². The summed E-state index contributed by atoms with van der Waals surface area (Å²) in [5.74, 6) is 0.362. The van der Waals surface area contributed by atoms with Crippen molar-refractivity contribution in [1.82, 2.24) is 15.2 Å². The van der Waals surface area contributed by atoms with Gasteiger partial charge in [0.25, 0.3) is 0 Å². The molecule has 1 fully saturated rings. The highest BCUT2D eigenvalue weighted by Gasteiger charge is 2.27. The average Bonchev–Trinajstić information content (AvgIpc) is 3.00. The van der Waals surface area contributed by atoms with E-state index in [2.05, 4.69) is 20.5 Å². The first kappa shape index (κ1) is 12.4. The average molecular weight is 292 g/mol. The van der Waals surface area contributed by atoms with Crippen LogP contribution in [0.25, 0.3) is 6.08 Å². The van der Waals surface area contributed by atoms with Gasteiger partial charge in [-0.3, -0.25) is 10.1 Å². The second-order valence-corrected chi connectivity index (χ2v) is 6.41. The normalized spacial score (nSPS) is 15.0. The van der Waals surface area contributed by atoms with E-state index in [0.717, 1.165) is 15.7 Å². The molecule has 0 aliphatic heterocycles. The molecule has 0 saturated heterocycles. The van der Waals surface area contributed by atoms with E-state index in [1.807, 2.05) is 12.3 Å². The molecule has 19 heavy (non-hydrogen) atoms. The molecule has 2 aromatic rings. The number of thiazole rings is 1. The molecular weight excluding hydrogens is 280 g/mol. The zero-order chi connectivity index (χ0) is 13.2. The van der Waals surface area contributed by atoms with E-state index in [1.165, 1.54) is 30.3 Å². The monoisotopic (exact) mass is 292 g/mol. The van der Waals surface area contributed by atoms with Gasteiger partial charge < -0.3 is 0 Å². The molecule has 0 spiro atoms. The number of carbonyl (C=O) groups is 1. The first-order valence-electron chi connectivity index (χ1n) is 5.95. The van der Waals surface area contributed by atoms with Gasteiger partial charge in [0.15, 0.2) is 0 Å². The highest BCUT2D eigenvalue weighted by atomic mass is 32.1. The van der Waals surface area contributed by atoms with Crippen molar-refractivity contribution in [2.24, 2.45) is 0 Å². The smallest absolute Gasteiger partial charge is 0.250 e. The second-order valence-electron chi connectivity index (χ2n) is 4.33. The lowest BCUT2D eigenvalue weighted by molar-refractivity contribution is -0.111. The third-order valence-electron chi connectivity index (χ3n) is 2.64. The molecule has 0 atom stereocenters. The first-order valence-corrected chi connectivity index (χ1v) is 7.65. The molecule has 7 heteroatoms. The Kier molecular flexibility index (Phi) is 3.39. The second kappa shape index (κ2) is 5.18. The van der Waals surface area contributed by atoms with E-state index in [-0.39, 0.29) is 5.91 Å². The lowest BCUT2D eigenvalue weighted by Crippen LogP contribution is -2.07. The minimum atomic E-state index is -0.204. The number of nitrogens with one attached hydrogen (secondary N) is 1. The molecular formula is C12H12N4OS2. The van der Waals surface area contributed by atoms with Gasteiger partial charge in [-0.25, -0.2) is 4.98 Å². The van der Waals surface area contributed by atoms with Gasteiger partial charge in [0.1, 0.15) is 5.01 Å². The molecule has 1 aliphatic carbocycles. The van der Waals surface area contributed by atoms with Gasteiger partial charge in [-0.1, -0.05) is 11.3 Å². The molecule has 1 saturated carbocycles. The van der Waals surface area contributed by atoms with E-state index in [9.17, 15) is 4.79 Å². The molecule has 98 valence electrons. The van der Waals surface area contributed by atoms with Crippen molar-refractivity contribution in [3.8, 4) is 0 Å². The van der Waals surface area contributed by atoms with Crippen LogP contribution in [0.15, 0.2) is 11.5 Å². The minimum Gasteiger partial charge on any atom is -0.297 e. The number of rotatable bonds is 4. The molecule has 1 N–H and O–H groups in total. The molecule has 5 nitrogen and oxygen atoms in total. The van der Waals surface area contributed by atoms with E-state index in [4.69, 9.17) is 0 Å². The fourth-order valence-electron chi connectivity index (χ4n) is 1.55. The molecule has 0 unspecified atom stereocenters. The Labute approximate surface area is 118 Å². The number of aromatic nitrogens is 3. The quantitative estimate of drug-likeness (QED) is 0.880. The summed E-state index contributed by atoms with van der Waals surface area (Å²) in [4.78, 5) is 16.0. The topological polar surface area (TPSA) is 67.8 Å². The Morgan fingerprint density at radius 3 is 3.00 bits per heavy atom. The summed E-state index contributed by atoms with van der Waals surface area (Å²) < 4.78 is 0. The molecule has 1 amide bonds. The van der Waals surface area contributed by atoms with Gasteiger partial charge in [0, 0.05) is 17.4 Å². The number of anilines is 1. The van der Waals surface area contributed by atoms with Crippen molar-refractivity contribution in [3.05, 3.63) is 27.2 Å². The lowest BCUT2D eigenvalue weighted by Gasteiger charge is -1.93. The van der Waals surface area contributed by atoms with Crippen molar-refractivity contribution < 1.29 is 4.79 Å². The van der Waals surface area contributed by atoms with E-state index in [0.29, 0.717) is 11.0 Å². The third kappa shape index (κ3) is 3.24. The Morgan fingerprint density at radius 2 is 2.32 bits per heavy atom. The Bertz CT molecular complexity index is 627. The molecule has 0 bridgehead atoms. The largest absolute Gasteiger partial charge is 0.297 e. The maximum absolute atomic E-state index is 11.7. The third-order valence-corrected chi connectivity index (χ3v) is 4.43. The van der Waals surface area contributed by atoms with E-state index >= 15 is 0 Å². The van der Waals surface area contributed by atoms with Gasteiger partial charge in [-0.2, -0.15) is 0 Å². The van der Waals surface area contributed by atoms with Gasteiger partial charge >= 0.3 is 0 Å². The summed E-state index contributed by atoms with van der Waals surface area (Å²) in [5.41, 5.74) is 0.800. The predicted octanol–water partition coefficient (Wildman–Crippen LogP) is 2.83. The van der Waals surface area contributed by atoms with Crippen molar-refractivity contribution in [2.45, 2.75) is 25.7 Å². The SMILES string of the molecule is Cc1nc(/C=C/C(=O)Nc2nnc(C3CC3)s2)cs1. The molecule has 3 rings (SSSR count). The van der Waals surface area contributed by atoms with Gasteiger partial charge in [-0.05, 0) is 25.8 Å². The van der Waals surface area contributed by atoms with Crippen LogP contribution in [0.5, 0.6) is 0 Å². The summed E-state index contributed by atoms with van der Waals surface area (Å²) in [6.45, 7) is 1.93. The standard InChI is InChI=1S/C12H12N4OS2/c1-7-13-9(6-18-7)4-5-10(17)14-12-16-15-11(19-12)8-2-3-8/h4-6,8H,2-3H2,1H3,(H,14,16,17)/b5-4+. The van der Waals surface area contributed by atoms with Crippen LogP contribution in [0.4, 0.5) is 5.13 Å². The summed E-state index contributed by atoms with van der Waals surface area (Å²) in [6, 6.07) is 0. The molecule has 2 heterocycles. The number of amides is 1. The van der Waals surface area contributed by atoms with Crippen molar-refractivity contribution in [3.63, 3.8) is 0 Å². The van der Waals surface area contributed by atoms with Crippen LogP contribution in [0, 0.1) is 6.92 Å². The number of carbonyl (C=O) groups excluding carboxylic acids is 1. The summed E-state index contributed by atoms with van der Waals surface area (Å²) in [5, 5.41) is 15.2. The van der Waals surface area contributed by atoms with Crippen LogP contribution >= 0.6 is 22.7 Å². The Balaban J connectivity index is 1.59. The van der Waals surface area contributed by atoms with Crippen molar-refractivity contribution >= 4 is 39.8 Å². The Hall–Kier alpha value is -1.60. The summed E-state index contributed by atoms with van der Waals surface area (Å²) in [6.07, 6.45) is 5.53. The number of hydrogen-bond acceptors (Lipinski definition) is 6. The fourth-order valence-corrected chi connectivity index (χ4v) is 3.04. The number of nitrogens with zero attached hydrogens (tertiary/aromatic N) is 3. The zero-order valence-electron chi connectivity index (χ0n) is 10.3. The van der Waals surface area contributed by atoms with Crippen LogP contribution in [0.1, 0.15) is 34.5 Å². The van der Waals surface area contributed by atoms with Gasteiger partial charge in [0.2, 0.25) is 11.0 Å². The molecule has 0 aromatic carbocycles. The van der Waals surface area contributed by atoms with Gasteiger partial charge in [0.05, 0.1) is 10.7 Å². The van der Waals surface area contributed by atoms with Crippen LogP contribution in [0.3, 0.4) is 0 Å². The number of hydrogen-bond donors (Lipinski definition) is 1. The maximum atomic E-state index is 11.7. The van der Waals surface area contributed by atoms with Crippen LogP contribution in [-0.4, -0.2) is 21.1 Å². The molecule has 1 aliphatic rings. The fraction of sp³-hybridized carbons (Fsp3) is 0.333. The number of aryl methyl sites for hydroxylation is 1. The summed E-state index contributed by atoms with van der Waals surface area (Å²) in [7, 11) is 0. The molecule has 2 aromatic heterocycles. The molecule has 0 radical (unpaired) electrons. The highest BCUT2D eigenvalue weighted by Crippen LogP contribution is 2.41. The van der Waals surface area contributed by atoms with Crippen molar-refractivity contribution in [1.29, 1.82) is 0 Å². The van der Waals surface area contributed by atoms with Crippen LogP contribution in [0.2, 0.25) is 0 Å². The zero-order valence-corrected chi connectivity index (χ0v) is 11.9. The highest BCUT2D eigenvalue weighted by molar-refractivity contribution is 7.15. The first-order chi connectivity index (χ1) is 9.20. The van der Waals surface area contributed by atoms with Gasteiger partial charge in [-0.15, -0.1) is 21.5 Å². The van der Waals surface area contributed by atoms with Crippen LogP contribution < -0.4 is 5.32 Å². The predicted molar refractivity (Wildman–Crippen MR) is 76.4 cm³/mol. The summed E-state index contributed by atoms with van der Waals surface area (Å²) >= 11 is 3.02. The van der Waals surface area contributed by atoms with E-state index < -0.39 is 0 Å². The Morgan fingerprint density at radius 1 is 1.47 bits per heavy atom.